The Morgan fingerprint density at radius 2 is 2.31 bits per heavy atom. The summed E-state index contributed by atoms with van der Waals surface area (Å²) in [4.78, 5) is 4.17. The Kier molecular flexibility index (Phi) is 3.87. The summed E-state index contributed by atoms with van der Waals surface area (Å²) in [7, 11) is -2.82. The van der Waals surface area contributed by atoms with Crippen molar-refractivity contribution in [3.8, 4) is 0 Å². The maximum Gasteiger partial charge on any atom is 0.159 e. The largest absolute Gasteiger partial charge is 0.234 e. The lowest BCUT2D eigenvalue weighted by Gasteiger charge is -1.95. The van der Waals surface area contributed by atoms with Gasteiger partial charge in [-0.05, 0) is 28.8 Å². The van der Waals surface area contributed by atoms with E-state index in [1.165, 1.54) is 17.6 Å². The third-order valence-corrected chi connectivity index (χ3v) is 3.92. The van der Waals surface area contributed by atoms with E-state index in [9.17, 15) is 8.42 Å². The van der Waals surface area contributed by atoms with Gasteiger partial charge in [0.1, 0.15) is 9.84 Å². The van der Waals surface area contributed by atoms with Crippen molar-refractivity contribution >= 4 is 37.1 Å². The minimum atomic E-state index is -2.82. The summed E-state index contributed by atoms with van der Waals surface area (Å²) in [6.45, 7) is 0. The van der Waals surface area contributed by atoms with E-state index >= 15 is 0 Å². The van der Waals surface area contributed by atoms with Crippen LogP contribution in [0.25, 0.3) is 0 Å². The van der Waals surface area contributed by atoms with E-state index in [-0.39, 0.29) is 5.75 Å². The molecule has 0 fully saturated rings. The number of sulfone groups is 1. The molecule has 0 atom stereocenters. The van der Waals surface area contributed by atoms with Crippen molar-refractivity contribution in [3.63, 3.8) is 0 Å². The summed E-state index contributed by atoms with van der Waals surface area (Å²) in [5.41, 5.74) is 0.959. The summed E-state index contributed by atoms with van der Waals surface area (Å²) in [6.07, 6.45) is 2.63. The Hall–Kier alpha value is 0.0600. The highest BCUT2D eigenvalue weighted by Gasteiger charge is 2.03. The van der Waals surface area contributed by atoms with E-state index in [0.29, 0.717) is 6.42 Å². The third kappa shape index (κ3) is 4.73. The van der Waals surface area contributed by atoms with Crippen LogP contribution in [0.5, 0.6) is 0 Å². The zero-order chi connectivity index (χ0) is 9.90. The van der Waals surface area contributed by atoms with Crippen LogP contribution in [0.15, 0.2) is 9.30 Å². The molecule has 13 heavy (non-hydrogen) atoms. The lowest BCUT2D eigenvalue weighted by Crippen LogP contribution is -2.03. The molecule has 0 bridgehead atoms. The summed E-state index contributed by atoms with van der Waals surface area (Å²) in [6, 6.07) is 0. The Morgan fingerprint density at radius 1 is 1.62 bits per heavy atom. The van der Waals surface area contributed by atoms with Crippen LogP contribution in [0.3, 0.4) is 0 Å². The van der Waals surface area contributed by atoms with Crippen LogP contribution in [0.1, 0.15) is 12.1 Å². The number of nitrogens with zero attached hydrogens (tertiary/aromatic N) is 1. The molecule has 0 unspecified atom stereocenters. The molecule has 1 rings (SSSR count). The normalized spacial score (nSPS) is 11.8. The molecule has 0 aliphatic heterocycles. The van der Waals surface area contributed by atoms with Crippen LogP contribution in [0, 0.1) is 0 Å². The van der Waals surface area contributed by atoms with Crippen molar-refractivity contribution < 1.29 is 8.42 Å². The smallest absolute Gasteiger partial charge is 0.159 e. The molecule has 0 radical (unpaired) electrons. The third-order valence-electron chi connectivity index (χ3n) is 1.47. The number of halogens is 1. The molecule has 0 saturated carbocycles. The molecule has 0 amide bonds. The second kappa shape index (κ2) is 4.52. The van der Waals surface area contributed by atoms with Crippen LogP contribution in [0.2, 0.25) is 0 Å². The molecular formula is C7H10BrNO2S2. The van der Waals surface area contributed by atoms with Crippen molar-refractivity contribution in [1.82, 2.24) is 4.98 Å². The van der Waals surface area contributed by atoms with Crippen molar-refractivity contribution in [3.05, 3.63) is 15.0 Å². The van der Waals surface area contributed by atoms with Crippen molar-refractivity contribution in [2.24, 2.45) is 0 Å². The van der Waals surface area contributed by atoms with Gasteiger partial charge in [0, 0.05) is 11.6 Å². The molecule has 1 aromatic heterocycles. The minimum absolute atomic E-state index is 0.238. The second-order valence-corrected chi connectivity index (χ2v) is 7.22. The van der Waals surface area contributed by atoms with Crippen LogP contribution in [0.4, 0.5) is 0 Å². The first-order chi connectivity index (χ1) is 5.97. The molecule has 6 heteroatoms. The SMILES string of the molecule is CS(=O)(=O)CCCc1csc(Br)n1. The molecule has 0 aromatic carbocycles. The van der Waals surface area contributed by atoms with E-state index in [0.717, 1.165) is 16.0 Å². The van der Waals surface area contributed by atoms with Crippen molar-refractivity contribution in [2.75, 3.05) is 12.0 Å². The lowest BCUT2D eigenvalue weighted by atomic mass is 10.3. The number of hydrogen-bond acceptors (Lipinski definition) is 4. The molecule has 1 aromatic rings. The topological polar surface area (TPSA) is 47.0 Å². The lowest BCUT2D eigenvalue weighted by molar-refractivity contribution is 0.599. The van der Waals surface area contributed by atoms with Gasteiger partial charge in [-0.3, -0.25) is 0 Å². The van der Waals surface area contributed by atoms with Crippen LogP contribution >= 0.6 is 27.3 Å². The van der Waals surface area contributed by atoms with E-state index in [1.807, 2.05) is 5.38 Å². The fraction of sp³-hybridized carbons (Fsp3) is 0.571. The summed E-state index contributed by atoms with van der Waals surface area (Å²) in [5, 5.41) is 1.94. The summed E-state index contributed by atoms with van der Waals surface area (Å²) >= 11 is 4.77. The molecular weight excluding hydrogens is 274 g/mol. The van der Waals surface area contributed by atoms with Gasteiger partial charge in [0.2, 0.25) is 0 Å². The highest BCUT2D eigenvalue weighted by atomic mass is 79.9. The number of aryl methyl sites for hydroxylation is 1. The van der Waals surface area contributed by atoms with Gasteiger partial charge >= 0.3 is 0 Å². The number of hydrogen-bond donors (Lipinski definition) is 0. The van der Waals surface area contributed by atoms with Gasteiger partial charge in [-0.2, -0.15) is 0 Å². The Bertz CT molecular complexity index is 372. The van der Waals surface area contributed by atoms with Gasteiger partial charge in [-0.15, -0.1) is 11.3 Å². The van der Waals surface area contributed by atoms with Gasteiger partial charge in [-0.1, -0.05) is 0 Å². The van der Waals surface area contributed by atoms with E-state index in [2.05, 4.69) is 20.9 Å². The average molecular weight is 284 g/mol. The second-order valence-electron chi connectivity index (χ2n) is 2.83. The van der Waals surface area contributed by atoms with Gasteiger partial charge < -0.3 is 0 Å². The first-order valence-corrected chi connectivity index (χ1v) is 7.48. The number of aromatic nitrogens is 1. The number of thiazole rings is 1. The standard InChI is InChI=1S/C7H10BrNO2S2/c1-13(10,11)4-2-3-6-5-12-7(8)9-6/h5H,2-4H2,1H3. The molecule has 3 nitrogen and oxygen atoms in total. The van der Waals surface area contributed by atoms with Crippen molar-refractivity contribution in [2.45, 2.75) is 12.8 Å². The summed E-state index contributed by atoms with van der Waals surface area (Å²) in [5.74, 6) is 0.238. The van der Waals surface area contributed by atoms with Gasteiger partial charge in [0.25, 0.3) is 0 Å². The van der Waals surface area contributed by atoms with E-state index in [1.54, 1.807) is 0 Å². The molecule has 0 aliphatic carbocycles. The molecule has 1 heterocycles. The predicted octanol–water partition coefficient (Wildman–Crippen LogP) is 1.88. The highest BCUT2D eigenvalue weighted by molar-refractivity contribution is 9.11. The molecule has 0 saturated heterocycles. The molecule has 0 spiro atoms. The minimum Gasteiger partial charge on any atom is -0.234 e. The first-order valence-electron chi connectivity index (χ1n) is 3.75. The van der Waals surface area contributed by atoms with Crippen LogP contribution < -0.4 is 0 Å². The van der Waals surface area contributed by atoms with Gasteiger partial charge in [-0.25, -0.2) is 13.4 Å². The molecule has 0 N–H and O–H groups in total. The zero-order valence-electron chi connectivity index (χ0n) is 7.16. The average Bonchev–Trinajstić information content (AvgIpc) is 2.33. The molecule has 0 aliphatic rings. The fourth-order valence-electron chi connectivity index (χ4n) is 0.913. The Labute approximate surface area is 90.2 Å². The van der Waals surface area contributed by atoms with Crippen LogP contribution in [-0.4, -0.2) is 25.4 Å². The fourth-order valence-corrected chi connectivity index (χ4v) is 2.66. The quantitative estimate of drug-likeness (QED) is 0.848. The summed E-state index contributed by atoms with van der Waals surface area (Å²) < 4.78 is 22.4. The first kappa shape index (κ1) is 11.1. The van der Waals surface area contributed by atoms with Crippen molar-refractivity contribution in [1.29, 1.82) is 0 Å². The monoisotopic (exact) mass is 283 g/mol. The Morgan fingerprint density at radius 3 is 2.77 bits per heavy atom. The Balaban J connectivity index is 2.36. The van der Waals surface area contributed by atoms with Crippen LogP contribution in [-0.2, 0) is 16.3 Å². The maximum absolute atomic E-state index is 10.8. The zero-order valence-corrected chi connectivity index (χ0v) is 10.4. The highest BCUT2D eigenvalue weighted by Crippen LogP contribution is 2.16. The van der Waals surface area contributed by atoms with E-state index in [4.69, 9.17) is 0 Å². The van der Waals surface area contributed by atoms with Gasteiger partial charge in [0.05, 0.1) is 11.4 Å². The number of rotatable bonds is 4. The van der Waals surface area contributed by atoms with Gasteiger partial charge in [0.15, 0.2) is 3.92 Å². The maximum atomic E-state index is 10.8. The predicted molar refractivity (Wildman–Crippen MR) is 57.8 cm³/mol. The van der Waals surface area contributed by atoms with E-state index < -0.39 is 9.84 Å². The molecule has 74 valence electrons.